The van der Waals surface area contributed by atoms with Crippen LogP contribution in [0, 0.1) is 0 Å². The van der Waals surface area contributed by atoms with Gasteiger partial charge in [0.1, 0.15) is 0 Å². The molecule has 0 unspecified atom stereocenters. The summed E-state index contributed by atoms with van der Waals surface area (Å²) in [5.74, 6) is 2.70. The molecule has 0 N–H and O–H groups in total. The highest BCUT2D eigenvalue weighted by atomic mass is 32.1. The van der Waals surface area contributed by atoms with Crippen LogP contribution in [0.1, 0.15) is 0 Å². The third-order valence-corrected chi connectivity index (χ3v) is 12.6. The van der Waals surface area contributed by atoms with E-state index < -0.39 is 0 Å². The summed E-state index contributed by atoms with van der Waals surface area (Å²) in [4.78, 5) is 25.4. The molecule has 0 bridgehead atoms. The lowest BCUT2D eigenvalue weighted by Crippen LogP contribution is -2.00. The average molecular weight is 752 g/mol. The Morgan fingerprint density at radius 2 is 0.804 bits per heavy atom. The highest BCUT2D eigenvalue weighted by Gasteiger charge is 2.20. The molecular formula is C49H29N5S2. The van der Waals surface area contributed by atoms with E-state index in [1.54, 1.807) is 22.7 Å². The fourth-order valence-electron chi connectivity index (χ4n) is 7.50. The minimum atomic E-state index is 0.654. The van der Waals surface area contributed by atoms with Gasteiger partial charge in [-0.2, -0.15) is 0 Å². The molecule has 7 heteroatoms. The summed E-state index contributed by atoms with van der Waals surface area (Å²) < 4.78 is 4.67. The molecule has 0 aliphatic heterocycles. The maximum atomic E-state index is 5.20. The van der Waals surface area contributed by atoms with Gasteiger partial charge in [-0.3, -0.25) is 0 Å². The van der Waals surface area contributed by atoms with E-state index in [2.05, 4.69) is 97.1 Å². The first-order valence-corrected chi connectivity index (χ1v) is 20.1. The van der Waals surface area contributed by atoms with Crippen LogP contribution < -0.4 is 0 Å². The zero-order valence-electron chi connectivity index (χ0n) is 29.8. The number of nitrogens with zero attached hydrogens (tertiary/aromatic N) is 5. The van der Waals surface area contributed by atoms with Crippen LogP contribution in [0.15, 0.2) is 176 Å². The third kappa shape index (κ3) is 5.56. The first-order valence-electron chi connectivity index (χ1n) is 18.4. The Labute approximate surface area is 330 Å². The zero-order chi connectivity index (χ0) is 37.0. The van der Waals surface area contributed by atoms with Crippen LogP contribution in [0.4, 0.5) is 0 Å². The molecule has 0 atom stereocenters. The lowest BCUT2D eigenvalue weighted by Gasteiger charge is -2.10. The predicted molar refractivity (Wildman–Crippen MR) is 234 cm³/mol. The van der Waals surface area contributed by atoms with Gasteiger partial charge < -0.3 is 0 Å². The standard InChI is InChI=1S/C49H29N5S2/c1-4-14-32(15-5-1)46-50-42(45-43(51-46)36-20-10-11-24-39(36)55-45)31-28-26-30(27-29-31)35-21-13-25-40-41(35)37-22-12-23-38(44(37)56-40)49-53-47(33-16-6-2-7-17-33)52-48(54-49)34-18-8-3-9-19-34/h1-29H. The normalized spacial score (nSPS) is 11.6. The van der Waals surface area contributed by atoms with Crippen molar-refractivity contribution in [3.05, 3.63) is 176 Å². The molecule has 4 aromatic heterocycles. The zero-order valence-corrected chi connectivity index (χ0v) is 31.4. The molecule has 0 aliphatic carbocycles. The van der Waals surface area contributed by atoms with Crippen LogP contribution in [0.25, 0.3) is 108 Å². The van der Waals surface area contributed by atoms with E-state index >= 15 is 0 Å². The van der Waals surface area contributed by atoms with Gasteiger partial charge in [-0.1, -0.05) is 158 Å². The molecule has 11 aromatic rings. The van der Waals surface area contributed by atoms with Crippen molar-refractivity contribution in [1.82, 2.24) is 24.9 Å². The quantitative estimate of drug-likeness (QED) is 0.169. The fourth-order valence-corrected chi connectivity index (χ4v) is 9.90. The molecule has 0 radical (unpaired) electrons. The van der Waals surface area contributed by atoms with E-state index in [0.29, 0.717) is 17.5 Å². The van der Waals surface area contributed by atoms with Crippen molar-refractivity contribution in [2.24, 2.45) is 0 Å². The Kier molecular flexibility index (Phi) is 7.79. The van der Waals surface area contributed by atoms with E-state index in [-0.39, 0.29) is 0 Å². The lowest BCUT2D eigenvalue weighted by atomic mass is 9.97. The Balaban J connectivity index is 1.04. The molecule has 56 heavy (non-hydrogen) atoms. The number of benzene rings is 7. The smallest absolute Gasteiger partial charge is 0.165 e. The second kappa shape index (κ2) is 13.4. The number of hydrogen-bond acceptors (Lipinski definition) is 7. The Hall–Kier alpha value is -6.93. The van der Waals surface area contributed by atoms with Crippen LogP contribution in [-0.2, 0) is 0 Å². The van der Waals surface area contributed by atoms with Gasteiger partial charge in [0.25, 0.3) is 0 Å². The van der Waals surface area contributed by atoms with E-state index in [0.717, 1.165) is 65.2 Å². The van der Waals surface area contributed by atoms with Crippen LogP contribution in [-0.4, -0.2) is 24.9 Å². The SMILES string of the molecule is c1ccc(-c2nc(-c3ccccc3)nc(-c3cccc4c3sc3cccc(-c5ccc(-c6nc(-c7ccccc7)nc7c6sc6ccccc67)cc5)c34)n2)cc1. The van der Waals surface area contributed by atoms with Crippen LogP contribution in [0.2, 0.25) is 0 Å². The summed E-state index contributed by atoms with van der Waals surface area (Å²) in [6.45, 7) is 0. The molecule has 0 fully saturated rings. The fraction of sp³-hybridized carbons (Fsp3) is 0. The molecule has 0 amide bonds. The van der Waals surface area contributed by atoms with Crippen LogP contribution >= 0.6 is 22.7 Å². The van der Waals surface area contributed by atoms with Gasteiger partial charge in [-0.15, -0.1) is 22.7 Å². The van der Waals surface area contributed by atoms with Gasteiger partial charge >= 0.3 is 0 Å². The van der Waals surface area contributed by atoms with Crippen LogP contribution in [0.3, 0.4) is 0 Å². The predicted octanol–water partition coefficient (Wildman–Crippen LogP) is 13.4. The summed E-state index contributed by atoms with van der Waals surface area (Å²) in [5.41, 5.74) is 9.24. The monoisotopic (exact) mass is 751 g/mol. The molecule has 7 aromatic carbocycles. The summed E-state index contributed by atoms with van der Waals surface area (Å²) in [6.07, 6.45) is 0. The maximum Gasteiger partial charge on any atom is 0.165 e. The van der Waals surface area contributed by atoms with Gasteiger partial charge in [0.2, 0.25) is 0 Å². The summed E-state index contributed by atoms with van der Waals surface area (Å²) in [7, 11) is 0. The second-order valence-corrected chi connectivity index (χ2v) is 15.7. The first-order chi connectivity index (χ1) is 27.7. The number of hydrogen-bond donors (Lipinski definition) is 0. The highest BCUT2D eigenvalue weighted by molar-refractivity contribution is 7.26. The largest absolute Gasteiger partial charge is 0.226 e. The first kappa shape index (κ1) is 32.5. The number of aromatic nitrogens is 5. The Morgan fingerprint density at radius 3 is 1.48 bits per heavy atom. The van der Waals surface area contributed by atoms with Crippen molar-refractivity contribution in [1.29, 1.82) is 0 Å². The molecule has 0 saturated heterocycles. The molecule has 4 heterocycles. The van der Waals surface area contributed by atoms with E-state index in [1.807, 2.05) is 78.9 Å². The van der Waals surface area contributed by atoms with E-state index in [1.165, 1.54) is 25.7 Å². The number of thiophene rings is 2. The number of fused-ring (bicyclic) bond motifs is 6. The molecule has 5 nitrogen and oxygen atoms in total. The molecule has 11 rings (SSSR count). The van der Waals surface area contributed by atoms with Gasteiger partial charge in [-0.05, 0) is 29.3 Å². The third-order valence-electron chi connectivity index (χ3n) is 10.2. The van der Waals surface area contributed by atoms with Crippen molar-refractivity contribution in [3.63, 3.8) is 0 Å². The maximum absolute atomic E-state index is 5.20. The molecule has 0 aliphatic rings. The Morgan fingerprint density at radius 1 is 0.304 bits per heavy atom. The van der Waals surface area contributed by atoms with Gasteiger partial charge in [0, 0.05) is 58.1 Å². The van der Waals surface area contributed by atoms with Crippen molar-refractivity contribution in [3.8, 4) is 67.9 Å². The Bertz CT molecular complexity index is 3170. The number of rotatable bonds is 6. The molecule has 0 spiro atoms. The van der Waals surface area contributed by atoms with Gasteiger partial charge in [0.15, 0.2) is 23.3 Å². The van der Waals surface area contributed by atoms with Crippen molar-refractivity contribution >= 4 is 63.1 Å². The van der Waals surface area contributed by atoms with Gasteiger partial charge in [-0.25, -0.2) is 24.9 Å². The second-order valence-electron chi connectivity index (χ2n) is 13.6. The topological polar surface area (TPSA) is 64.5 Å². The highest BCUT2D eigenvalue weighted by Crippen LogP contribution is 2.45. The van der Waals surface area contributed by atoms with Crippen molar-refractivity contribution in [2.75, 3.05) is 0 Å². The minimum absolute atomic E-state index is 0.654. The molecular weight excluding hydrogens is 723 g/mol. The van der Waals surface area contributed by atoms with Crippen molar-refractivity contribution in [2.45, 2.75) is 0 Å². The van der Waals surface area contributed by atoms with E-state index in [9.17, 15) is 0 Å². The lowest BCUT2D eigenvalue weighted by molar-refractivity contribution is 1.08. The molecule has 262 valence electrons. The van der Waals surface area contributed by atoms with Crippen LogP contribution in [0.5, 0.6) is 0 Å². The summed E-state index contributed by atoms with van der Waals surface area (Å²) in [5, 5.41) is 3.56. The minimum Gasteiger partial charge on any atom is -0.226 e. The summed E-state index contributed by atoms with van der Waals surface area (Å²) >= 11 is 3.53. The van der Waals surface area contributed by atoms with E-state index in [4.69, 9.17) is 24.9 Å². The summed E-state index contributed by atoms with van der Waals surface area (Å²) in [6, 6.07) is 60.9. The molecule has 0 saturated carbocycles. The average Bonchev–Trinajstić information content (AvgIpc) is 3.86. The van der Waals surface area contributed by atoms with Gasteiger partial charge in [0.05, 0.1) is 15.9 Å². The van der Waals surface area contributed by atoms with Crippen molar-refractivity contribution < 1.29 is 0 Å².